The van der Waals surface area contributed by atoms with Crippen LogP contribution in [-0.4, -0.2) is 39.2 Å². The van der Waals surface area contributed by atoms with E-state index in [1.807, 2.05) is 24.3 Å². The largest absolute Gasteiger partial charge is 2.00 e. The fraction of sp³-hybridized carbons (Fsp3) is 0.462. The smallest absolute Gasteiger partial charge is 0.545 e. The molecule has 0 aliphatic heterocycles. The molecule has 0 spiro atoms. The Labute approximate surface area is 207 Å². The van der Waals surface area contributed by atoms with Gasteiger partial charge in [-0.2, -0.15) is 0 Å². The van der Waals surface area contributed by atoms with Gasteiger partial charge in [-0.1, -0.05) is 101 Å². The number of hydrogen-bond acceptors (Lipinski definition) is 4. The van der Waals surface area contributed by atoms with Gasteiger partial charge in [0, 0.05) is 11.1 Å². The summed E-state index contributed by atoms with van der Waals surface area (Å²) in [7, 11) is 0. The van der Waals surface area contributed by atoms with Gasteiger partial charge in [0.2, 0.25) is 0 Å². The van der Waals surface area contributed by atoms with E-state index in [1.165, 1.54) is 25.7 Å². The maximum atomic E-state index is 10.8. The molecule has 2 radical (unpaired) electrons. The van der Waals surface area contributed by atoms with Gasteiger partial charge in [-0.05, 0) is 36.8 Å². The first-order valence-electron chi connectivity index (χ1n) is 11.1. The summed E-state index contributed by atoms with van der Waals surface area (Å²) in [6.45, 7) is 4.32. The molecule has 0 aliphatic carbocycles. The molecule has 2 rings (SSSR count). The van der Waals surface area contributed by atoms with Gasteiger partial charge in [0.1, 0.15) is 0 Å². The number of carbonyl (C=O) groups is 2. The van der Waals surface area contributed by atoms with Crippen LogP contribution in [0.15, 0.2) is 48.5 Å². The van der Waals surface area contributed by atoms with Crippen LogP contribution in [-0.2, 0) is 12.8 Å². The summed E-state index contributed by atoms with van der Waals surface area (Å²) in [5.41, 5.74) is 2.48. The van der Waals surface area contributed by atoms with Crippen molar-refractivity contribution in [2.75, 3.05) is 0 Å². The minimum absolute atomic E-state index is 0. The Morgan fingerprint density at radius 2 is 0.968 bits per heavy atom. The number of unbranched alkanes of at least 4 members (excludes halogenated alkanes) is 6. The molecule has 0 aromatic heterocycles. The van der Waals surface area contributed by atoms with E-state index in [0.717, 1.165) is 49.7 Å². The molecule has 0 saturated heterocycles. The van der Waals surface area contributed by atoms with Gasteiger partial charge in [-0.3, -0.25) is 0 Å². The first-order chi connectivity index (χ1) is 14.5. The molecule has 0 aliphatic rings. The number of aryl methyl sites for hydroxylation is 2. The van der Waals surface area contributed by atoms with Gasteiger partial charge in [0.15, 0.2) is 0 Å². The molecule has 0 unspecified atom stereocenters. The van der Waals surface area contributed by atoms with Crippen molar-refractivity contribution in [1.29, 1.82) is 0 Å². The molecule has 2 aromatic rings. The van der Waals surface area contributed by atoms with E-state index >= 15 is 0 Å². The summed E-state index contributed by atoms with van der Waals surface area (Å²) < 4.78 is 0. The SMILES string of the molecule is CCCCCCc1ccccc1C(=O)[O-].CCCCCCc1ccccc1C(=O)[O-].[Pb+2]. The van der Waals surface area contributed by atoms with E-state index in [1.54, 1.807) is 24.3 Å². The summed E-state index contributed by atoms with van der Waals surface area (Å²) in [6.07, 6.45) is 10.9. The molecular formula is C26H34O4Pb. The van der Waals surface area contributed by atoms with Crippen LogP contribution in [0.3, 0.4) is 0 Å². The summed E-state index contributed by atoms with van der Waals surface area (Å²) in [6, 6.07) is 14.2. The van der Waals surface area contributed by atoms with E-state index in [9.17, 15) is 19.8 Å². The second-order valence-electron chi connectivity index (χ2n) is 7.51. The fourth-order valence-corrected chi connectivity index (χ4v) is 3.36. The average Bonchev–Trinajstić information content (AvgIpc) is 2.75. The molecule has 0 heterocycles. The molecule has 0 amide bonds. The molecule has 5 heteroatoms. The second-order valence-corrected chi connectivity index (χ2v) is 7.51. The third-order valence-electron chi connectivity index (χ3n) is 5.07. The van der Waals surface area contributed by atoms with Crippen molar-refractivity contribution >= 4 is 39.2 Å². The van der Waals surface area contributed by atoms with Crippen molar-refractivity contribution in [1.82, 2.24) is 0 Å². The zero-order chi connectivity index (χ0) is 22.2. The maximum absolute atomic E-state index is 10.8. The summed E-state index contributed by atoms with van der Waals surface area (Å²) in [5, 5.41) is 21.6. The van der Waals surface area contributed by atoms with Crippen LogP contribution in [0.2, 0.25) is 0 Å². The normalized spacial score (nSPS) is 9.87. The Balaban J connectivity index is 0.000000562. The Morgan fingerprint density at radius 3 is 1.29 bits per heavy atom. The molecule has 4 nitrogen and oxygen atoms in total. The van der Waals surface area contributed by atoms with Gasteiger partial charge in [-0.15, -0.1) is 0 Å². The van der Waals surface area contributed by atoms with E-state index < -0.39 is 11.9 Å². The zero-order valence-electron chi connectivity index (χ0n) is 18.8. The third-order valence-corrected chi connectivity index (χ3v) is 5.07. The molecule has 0 fully saturated rings. The molecule has 2 aromatic carbocycles. The number of carbonyl (C=O) groups excluding carboxylic acids is 2. The summed E-state index contributed by atoms with van der Waals surface area (Å²) in [5.74, 6) is -2.14. The minimum atomic E-state index is -1.07. The van der Waals surface area contributed by atoms with Crippen LogP contribution in [0.1, 0.15) is 97.1 Å². The van der Waals surface area contributed by atoms with E-state index in [-0.39, 0.29) is 27.3 Å². The van der Waals surface area contributed by atoms with Crippen molar-refractivity contribution in [3.63, 3.8) is 0 Å². The van der Waals surface area contributed by atoms with Crippen LogP contribution in [0.5, 0.6) is 0 Å². The first-order valence-corrected chi connectivity index (χ1v) is 11.1. The Morgan fingerprint density at radius 1 is 0.613 bits per heavy atom. The quantitative estimate of drug-likeness (QED) is 0.267. The molecular weight excluding hydrogens is 583 g/mol. The standard InChI is InChI=1S/2C13H18O2.Pb/c2*1-2-3-4-5-8-11-9-6-7-10-12(11)13(14)15;/h2*6-7,9-10H,2-5,8H2,1H3,(H,14,15);/q;;+2/p-2. The Bertz CT molecular complexity index is 708. The van der Waals surface area contributed by atoms with Crippen LogP contribution in [0.25, 0.3) is 0 Å². The third kappa shape index (κ3) is 12.1. The average molecular weight is 618 g/mol. The number of carboxylic acids is 2. The first kappa shape index (κ1) is 29.3. The van der Waals surface area contributed by atoms with Gasteiger partial charge < -0.3 is 19.8 Å². The van der Waals surface area contributed by atoms with Crippen molar-refractivity contribution < 1.29 is 19.8 Å². The van der Waals surface area contributed by atoms with Crippen molar-refractivity contribution in [3.05, 3.63) is 70.8 Å². The molecule has 0 N–H and O–H groups in total. The number of benzene rings is 2. The summed E-state index contributed by atoms with van der Waals surface area (Å²) >= 11 is 0. The van der Waals surface area contributed by atoms with Crippen LogP contribution < -0.4 is 10.2 Å². The van der Waals surface area contributed by atoms with Crippen molar-refractivity contribution in [3.8, 4) is 0 Å². The van der Waals surface area contributed by atoms with Crippen LogP contribution in [0, 0.1) is 0 Å². The van der Waals surface area contributed by atoms with Crippen molar-refractivity contribution in [2.45, 2.75) is 78.1 Å². The van der Waals surface area contributed by atoms with E-state index in [4.69, 9.17) is 0 Å². The molecule has 0 saturated carbocycles. The van der Waals surface area contributed by atoms with Crippen LogP contribution >= 0.6 is 0 Å². The molecule has 166 valence electrons. The predicted octanol–water partition coefficient (Wildman–Crippen LogP) is 3.97. The minimum Gasteiger partial charge on any atom is -0.545 e. The van der Waals surface area contributed by atoms with Gasteiger partial charge in [-0.25, -0.2) is 0 Å². The number of hydrogen-bond donors (Lipinski definition) is 0. The Hall–Kier alpha value is -1.70. The van der Waals surface area contributed by atoms with Gasteiger partial charge >= 0.3 is 27.3 Å². The number of carboxylic acid groups (broad SMARTS) is 2. The zero-order valence-corrected chi connectivity index (χ0v) is 22.7. The van der Waals surface area contributed by atoms with E-state index in [0.29, 0.717) is 11.1 Å². The van der Waals surface area contributed by atoms with Crippen LogP contribution in [0.4, 0.5) is 0 Å². The summed E-state index contributed by atoms with van der Waals surface area (Å²) in [4.78, 5) is 21.6. The number of aromatic carboxylic acids is 2. The van der Waals surface area contributed by atoms with Crippen molar-refractivity contribution in [2.24, 2.45) is 0 Å². The molecule has 0 bridgehead atoms. The number of rotatable bonds is 12. The second kappa shape index (κ2) is 17.9. The fourth-order valence-electron chi connectivity index (χ4n) is 3.36. The topological polar surface area (TPSA) is 80.3 Å². The maximum Gasteiger partial charge on any atom is 2.00 e. The Kier molecular flexibility index (Phi) is 16.9. The molecule has 31 heavy (non-hydrogen) atoms. The van der Waals surface area contributed by atoms with E-state index in [2.05, 4.69) is 13.8 Å². The van der Waals surface area contributed by atoms with Gasteiger partial charge in [0.25, 0.3) is 0 Å². The molecule has 0 atom stereocenters. The predicted molar refractivity (Wildman–Crippen MR) is 123 cm³/mol. The monoisotopic (exact) mass is 618 g/mol. The van der Waals surface area contributed by atoms with Gasteiger partial charge in [0.05, 0.1) is 11.9 Å².